The van der Waals surface area contributed by atoms with Gasteiger partial charge in [0.15, 0.2) is 6.61 Å². The normalized spacial score (nSPS) is 18.8. The SMILES string of the molecule is Nc1ccccc1OCC(=O)NCC1CSCCS1. The topological polar surface area (TPSA) is 64.3 Å². The van der Waals surface area contributed by atoms with Crippen LogP contribution in [0.3, 0.4) is 0 Å². The Morgan fingerprint density at radius 1 is 1.42 bits per heavy atom. The van der Waals surface area contributed by atoms with Gasteiger partial charge in [-0.25, -0.2) is 0 Å². The van der Waals surface area contributed by atoms with Crippen LogP contribution in [0.1, 0.15) is 0 Å². The van der Waals surface area contributed by atoms with E-state index in [2.05, 4.69) is 5.32 Å². The van der Waals surface area contributed by atoms with E-state index in [1.165, 1.54) is 11.5 Å². The molecule has 1 amide bonds. The van der Waals surface area contributed by atoms with Crippen LogP contribution in [0, 0.1) is 0 Å². The van der Waals surface area contributed by atoms with E-state index in [0.717, 1.165) is 5.75 Å². The number of hydrogen-bond acceptors (Lipinski definition) is 5. The number of nitrogens with one attached hydrogen (secondary N) is 1. The molecule has 1 aromatic carbocycles. The van der Waals surface area contributed by atoms with Gasteiger partial charge >= 0.3 is 0 Å². The van der Waals surface area contributed by atoms with Gasteiger partial charge in [-0.2, -0.15) is 23.5 Å². The predicted octanol–water partition coefficient (Wildman–Crippen LogP) is 1.61. The van der Waals surface area contributed by atoms with Crippen LogP contribution in [0.5, 0.6) is 5.75 Å². The van der Waals surface area contributed by atoms with Crippen molar-refractivity contribution in [3.05, 3.63) is 24.3 Å². The lowest BCUT2D eigenvalue weighted by molar-refractivity contribution is -0.123. The van der Waals surface area contributed by atoms with E-state index in [1.54, 1.807) is 12.1 Å². The van der Waals surface area contributed by atoms with Crippen LogP contribution in [0.4, 0.5) is 5.69 Å². The first-order chi connectivity index (χ1) is 9.25. The van der Waals surface area contributed by atoms with Gasteiger partial charge in [0.1, 0.15) is 5.75 Å². The monoisotopic (exact) mass is 298 g/mol. The molecule has 1 aliphatic heterocycles. The van der Waals surface area contributed by atoms with Crippen molar-refractivity contribution in [2.45, 2.75) is 5.25 Å². The second kappa shape index (κ2) is 7.55. The average molecular weight is 298 g/mol. The van der Waals surface area contributed by atoms with Crippen molar-refractivity contribution in [1.29, 1.82) is 0 Å². The quantitative estimate of drug-likeness (QED) is 0.809. The molecule has 0 aliphatic carbocycles. The molecule has 0 saturated carbocycles. The number of carbonyl (C=O) groups is 1. The fourth-order valence-electron chi connectivity index (χ4n) is 1.69. The minimum Gasteiger partial charge on any atom is -0.482 e. The Hall–Kier alpha value is -1.01. The van der Waals surface area contributed by atoms with Crippen molar-refractivity contribution in [1.82, 2.24) is 5.32 Å². The van der Waals surface area contributed by atoms with Crippen LogP contribution < -0.4 is 15.8 Å². The third kappa shape index (κ3) is 4.87. The van der Waals surface area contributed by atoms with Crippen LogP contribution in [0.15, 0.2) is 24.3 Å². The zero-order chi connectivity index (χ0) is 13.5. The molecule has 19 heavy (non-hydrogen) atoms. The van der Waals surface area contributed by atoms with Gasteiger partial charge in [-0.05, 0) is 12.1 Å². The average Bonchev–Trinajstić information content (AvgIpc) is 2.45. The summed E-state index contributed by atoms with van der Waals surface area (Å²) in [7, 11) is 0. The Labute approximate surface area is 121 Å². The molecular formula is C13H18N2O2S2. The van der Waals surface area contributed by atoms with E-state index in [-0.39, 0.29) is 12.5 Å². The zero-order valence-corrected chi connectivity index (χ0v) is 12.3. The Bertz CT molecular complexity index is 423. The first-order valence-electron chi connectivity index (χ1n) is 6.19. The maximum absolute atomic E-state index is 11.7. The van der Waals surface area contributed by atoms with E-state index in [1.807, 2.05) is 35.7 Å². The molecule has 0 radical (unpaired) electrons. The molecule has 0 bridgehead atoms. The summed E-state index contributed by atoms with van der Waals surface area (Å²) in [5.74, 6) is 3.95. The molecule has 6 heteroatoms. The highest BCUT2D eigenvalue weighted by molar-refractivity contribution is 8.06. The molecule has 0 aromatic heterocycles. The largest absolute Gasteiger partial charge is 0.482 e. The van der Waals surface area contributed by atoms with E-state index in [4.69, 9.17) is 10.5 Å². The molecule has 1 saturated heterocycles. The van der Waals surface area contributed by atoms with E-state index in [9.17, 15) is 4.79 Å². The summed E-state index contributed by atoms with van der Waals surface area (Å²) in [6.07, 6.45) is 0. The number of ether oxygens (including phenoxy) is 1. The Morgan fingerprint density at radius 3 is 3.00 bits per heavy atom. The number of nitrogens with two attached hydrogens (primary N) is 1. The second-order valence-corrected chi connectivity index (χ2v) is 6.76. The van der Waals surface area contributed by atoms with Gasteiger partial charge in [-0.3, -0.25) is 4.79 Å². The Kier molecular flexibility index (Phi) is 5.72. The zero-order valence-electron chi connectivity index (χ0n) is 10.6. The summed E-state index contributed by atoms with van der Waals surface area (Å²) in [5, 5.41) is 3.42. The standard InChI is InChI=1S/C13H18N2O2S2/c14-11-3-1-2-4-12(11)17-8-13(16)15-7-10-9-18-5-6-19-10/h1-4,10H,5-9,14H2,(H,15,16). The lowest BCUT2D eigenvalue weighted by Crippen LogP contribution is -2.36. The summed E-state index contributed by atoms with van der Waals surface area (Å²) in [6, 6.07) is 7.18. The van der Waals surface area contributed by atoms with Crippen molar-refractivity contribution in [3.63, 3.8) is 0 Å². The number of hydrogen-bond donors (Lipinski definition) is 2. The Balaban J connectivity index is 1.68. The predicted molar refractivity (Wildman–Crippen MR) is 82.9 cm³/mol. The molecule has 1 unspecified atom stereocenters. The minimum atomic E-state index is -0.0978. The molecule has 104 valence electrons. The van der Waals surface area contributed by atoms with Crippen LogP contribution in [0.2, 0.25) is 0 Å². The first-order valence-corrected chi connectivity index (χ1v) is 8.39. The molecular weight excluding hydrogens is 280 g/mol. The molecule has 1 heterocycles. The molecule has 4 nitrogen and oxygen atoms in total. The summed E-state index contributed by atoms with van der Waals surface area (Å²) in [5.41, 5.74) is 6.29. The van der Waals surface area contributed by atoms with Crippen molar-refractivity contribution in [2.75, 3.05) is 36.1 Å². The number of carbonyl (C=O) groups excluding carboxylic acids is 1. The minimum absolute atomic E-state index is 0.0126. The highest BCUT2D eigenvalue weighted by Crippen LogP contribution is 2.23. The van der Waals surface area contributed by atoms with Crippen molar-refractivity contribution in [3.8, 4) is 5.75 Å². The highest BCUT2D eigenvalue weighted by Gasteiger charge is 2.15. The van der Waals surface area contributed by atoms with E-state index in [0.29, 0.717) is 23.2 Å². The van der Waals surface area contributed by atoms with Gasteiger partial charge < -0.3 is 15.8 Å². The maximum Gasteiger partial charge on any atom is 0.257 e. The van der Waals surface area contributed by atoms with Crippen LogP contribution in [-0.2, 0) is 4.79 Å². The molecule has 2 rings (SSSR count). The number of anilines is 1. The number of para-hydroxylation sites is 2. The summed E-state index contributed by atoms with van der Waals surface area (Å²) in [6.45, 7) is 0.725. The van der Waals surface area contributed by atoms with E-state index >= 15 is 0 Å². The lowest BCUT2D eigenvalue weighted by atomic mass is 10.3. The molecule has 1 aliphatic rings. The fourth-order valence-corrected chi connectivity index (χ4v) is 4.30. The number of nitrogen functional groups attached to an aromatic ring is 1. The van der Waals surface area contributed by atoms with Crippen LogP contribution in [0.25, 0.3) is 0 Å². The third-order valence-corrected chi connectivity index (χ3v) is 5.53. The van der Waals surface area contributed by atoms with Gasteiger partial charge in [0.25, 0.3) is 5.91 Å². The smallest absolute Gasteiger partial charge is 0.257 e. The number of thioether (sulfide) groups is 2. The molecule has 1 atom stereocenters. The first kappa shape index (κ1) is 14.4. The lowest BCUT2D eigenvalue weighted by Gasteiger charge is -2.21. The maximum atomic E-state index is 11.7. The summed E-state index contributed by atoms with van der Waals surface area (Å²) < 4.78 is 5.39. The number of amides is 1. The second-order valence-electron chi connectivity index (χ2n) is 4.20. The molecule has 3 N–H and O–H groups in total. The molecule has 1 aromatic rings. The van der Waals surface area contributed by atoms with Crippen LogP contribution >= 0.6 is 23.5 Å². The fraction of sp³-hybridized carbons (Fsp3) is 0.462. The molecule has 0 spiro atoms. The Morgan fingerprint density at radius 2 is 2.26 bits per heavy atom. The van der Waals surface area contributed by atoms with Gasteiger partial charge in [-0.1, -0.05) is 12.1 Å². The summed E-state index contributed by atoms with van der Waals surface area (Å²) >= 11 is 3.87. The van der Waals surface area contributed by atoms with Crippen molar-refractivity contribution < 1.29 is 9.53 Å². The number of rotatable bonds is 5. The van der Waals surface area contributed by atoms with Gasteiger partial charge in [0.05, 0.1) is 5.69 Å². The number of benzene rings is 1. The third-order valence-electron chi connectivity index (χ3n) is 2.69. The molecule has 1 fully saturated rings. The van der Waals surface area contributed by atoms with Crippen molar-refractivity contribution in [2.24, 2.45) is 0 Å². The van der Waals surface area contributed by atoms with Gasteiger partial charge in [-0.15, -0.1) is 0 Å². The highest BCUT2D eigenvalue weighted by atomic mass is 32.2. The van der Waals surface area contributed by atoms with Crippen LogP contribution in [-0.4, -0.2) is 41.6 Å². The van der Waals surface area contributed by atoms with Crippen molar-refractivity contribution >= 4 is 35.1 Å². The van der Waals surface area contributed by atoms with E-state index < -0.39 is 0 Å². The van der Waals surface area contributed by atoms with Gasteiger partial charge in [0.2, 0.25) is 0 Å². The summed E-state index contributed by atoms with van der Waals surface area (Å²) in [4.78, 5) is 11.7. The van der Waals surface area contributed by atoms with Gasteiger partial charge in [0, 0.05) is 29.1 Å².